The summed E-state index contributed by atoms with van der Waals surface area (Å²) >= 11 is 0. The smallest absolute Gasteiger partial charge is 0.255 e. The SMILES string of the molecule is CC(C)C(CCO)NC(=O)c1cn(C)nc1-c1ccccc1. The highest BCUT2D eigenvalue weighted by Crippen LogP contribution is 2.22. The molecular formula is C17H23N3O2. The molecule has 0 saturated carbocycles. The predicted molar refractivity (Wildman–Crippen MR) is 86.4 cm³/mol. The van der Waals surface area contributed by atoms with Gasteiger partial charge in [-0.2, -0.15) is 5.10 Å². The van der Waals surface area contributed by atoms with Gasteiger partial charge in [0, 0.05) is 31.5 Å². The van der Waals surface area contributed by atoms with Crippen molar-refractivity contribution in [1.29, 1.82) is 0 Å². The molecule has 0 spiro atoms. The lowest BCUT2D eigenvalue weighted by atomic mass is 10.0. The van der Waals surface area contributed by atoms with Gasteiger partial charge in [-0.1, -0.05) is 44.2 Å². The number of nitrogens with one attached hydrogen (secondary N) is 1. The van der Waals surface area contributed by atoms with Crippen molar-refractivity contribution in [3.05, 3.63) is 42.1 Å². The first-order chi connectivity index (χ1) is 10.5. The van der Waals surface area contributed by atoms with Crippen LogP contribution in [0.25, 0.3) is 11.3 Å². The van der Waals surface area contributed by atoms with Crippen LogP contribution in [-0.4, -0.2) is 33.4 Å². The molecule has 0 aliphatic heterocycles. The lowest BCUT2D eigenvalue weighted by Crippen LogP contribution is -2.39. The van der Waals surface area contributed by atoms with E-state index < -0.39 is 0 Å². The van der Waals surface area contributed by atoms with E-state index in [1.807, 2.05) is 44.2 Å². The van der Waals surface area contributed by atoms with Gasteiger partial charge in [0.1, 0.15) is 5.69 Å². The molecule has 1 aromatic heterocycles. The molecule has 0 saturated heterocycles. The summed E-state index contributed by atoms with van der Waals surface area (Å²) in [5.74, 6) is 0.104. The zero-order chi connectivity index (χ0) is 16.1. The summed E-state index contributed by atoms with van der Waals surface area (Å²) in [5, 5.41) is 16.5. The van der Waals surface area contributed by atoms with Gasteiger partial charge in [0.2, 0.25) is 0 Å². The topological polar surface area (TPSA) is 67.2 Å². The average Bonchev–Trinajstić information content (AvgIpc) is 2.89. The Morgan fingerprint density at radius 3 is 2.59 bits per heavy atom. The highest BCUT2D eigenvalue weighted by atomic mass is 16.3. The minimum absolute atomic E-state index is 0.0543. The van der Waals surface area contributed by atoms with Crippen LogP contribution in [0.5, 0.6) is 0 Å². The largest absolute Gasteiger partial charge is 0.396 e. The number of benzene rings is 1. The van der Waals surface area contributed by atoms with Gasteiger partial charge in [-0.15, -0.1) is 0 Å². The minimum Gasteiger partial charge on any atom is -0.396 e. The van der Waals surface area contributed by atoms with Crippen molar-refractivity contribution in [1.82, 2.24) is 15.1 Å². The van der Waals surface area contributed by atoms with Crippen molar-refractivity contribution >= 4 is 5.91 Å². The van der Waals surface area contributed by atoms with Gasteiger partial charge in [-0.25, -0.2) is 0 Å². The maximum Gasteiger partial charge on any atom is 0.255 e. The van der Waals surface area contributed by atoms with Crippen molar-refractivity contribution < 1.29 is 9.90 Å². The lowest BCUT2D eigenvalue weighted by molar-refractivity contribution is 0.0917. The van der Waals surface area contributed by atoms with E-state index >= 15 is 0 Å². The summed E-state index contributed by atoms with van der Waals surface area (Å²) < 4.78 is 1.65. The molecule has 2 rings (SSSR count). The molecule has 5 heteroatoms. The van der Waals surface area contributed by atoms with Crippen LogP contribution >= 0.6 is 0 Å². The second kappa shape index (κ2) is 7.22. The molecule has 1 aromatic carbocycles. The van der Waals surface area contributed by atoms with Crippen molar-refractivity contribution in [2.75, 3.05) is 6.61 Å². The van der Waals surface area contributed by atoms with Crippen LogP contribution < -0.4 is 5.32 Å². The normalized spacial score (nSPS) is 12.4. The van der Waals surface area contributed by atoms with Crippen molar-refractivity contribution in [2.24, 2.45) is 13.0 Å². The zero-order valence-electron chi connectivity index (χ0n) is 13.3. The van der Waals surface area contributed by atoms with Crippen molar-refractivity contribution in [2.45, 2.75) is 26.3 Å². The summed E-state index contributed by atoms with van der Waals surface area (Å²) in [5.41, 5.74) is 2.14. The monoisotopic (exact) mass is 301 g/mol. The molecule has 0 radical (unpaired) electrons. The van der Waals surface area contributed by atoms with Gasteiger partial charge < -0.3 is 10.4 Å². The van der Waals surface area contributed by atoms with Crippen LogP contribution in [0.2, 0.25) is 0 Å². The first kappa shape index (κ1) is 16.2. The number of aryl methyl sites for hydroxylation is 1. The van der Waals surface area contributed by atoms with Gasteiger partial charge in [0.25, 0.3) is 5.91 Å². The number of nitrogens with zero attached hydrogens (tertiary/aromatic N) is 2. The van der Waals surface area contributed by atoms with Crippen LogP contribution in [0.3, 0.4) is 0 Å². The van der Waals surface area contributed by atoms with E-state index in [0.717, 1.165) is 5.56 Å². The van der Waals surface area contributed by atoms with Crippen LogP contribution in [0.15, 0.2) is 36.5 Å². The van der Waals surface area contributed by atoms with E-state index in [9.17, 15) is 4.79 Å². The van der Waals surface area contributed by atoms with Gasteiger partial charge in [-0.05, 0) is 12.3 Å². The Bertz CT molecular complexity index is 620. The molecule has 0 bridgehead atoms. The average molecular weight is 301 g/mol. The molecule has 5 nitrogen and oxygen atoms in total. The molecule has 1 amide bonds. The number of carbonyl (C=O) groups is 1. The standard InChI is InChI=1S/C17H23N3O2/c1-12(2)15(9-10-21)18-17(22)14-11-20(3)19-16(14)13-7-5-4-6-8-13/h4-8,11-12,15,21H,9-10H2,1-3H3,(H,18,22). The fraction of sp³-hybridized carbons (Fsp3) is 0.412. The van der Waals surface area contributed by atoms with Gasteiger partial charge in [0.15, 0.2) is 0 Å². The number of hydrogen-bond acceptors (Lipinski definition) is 3. The quantitative estimate of drug-likeness (QED) is 0.859. The summed E-state index contributed by atoms with van der Waals surface area (Å²) in [7, 11) is 1.80. The number of aliphatic hydroxyl groups is 1. The number of aromatic nitrogens is 2. The number of amides is 1. The molecule has 2 N–H and O–H groups in total. The maximum atomic E-state index is 12.6. The Morgan fingerprint density at radius 2 is 2.00 bits per heavy atom. The molecule has 0 fully saturated rings. The first-order valence-electron chi connectivity index (χ1n) is 7.53. The summed E-state index contributed by atoms with van der Waals surface area (Å²) in [6, 6.07) is 9.60. The zero-order valence-corrected chi connectivity index (χ0v) is 13.3. The second-order valence-electron chi connectivity index (χ2n) is 5.77. The molecule has 2 aromatic rings. The summed E-state index contributed by atoms with van der Waals surface area (Å²) in [6.45, 7) is 4.12. The molecular weight excluding hydrogens is 278 g/mol. The second-order valence-corrected chi connectivity index (χ2v) is 5.77. The Balaban J connectivity index is 2.27. The maximum absolute atomic E-state index is 12.6. The van der Waals surface area contributed by atoms with E-state index in [-0.39, 0.29) is 24.5 Å². The predicted octanol–water partition coefficient (Wildman–Crippen LogP) is 2.22. The first-order valence-corrected chi connectivity index (χ1v) is 7.53. The van der Waals surface area contributed by atoms with E-state index in [2.05, 4.69) is 10.4 Å². The number of rotatable bonds is 6. The van der Waals surface area contributed by atoms with Crippen molar-refractivity contribution in [3.63, 3.8) is 0 Å². The van der Waals surface area contributed by atoms with E-state index in [4.69, 9.17) is 5.11 Å². The highest BCUT2D eigenvalue weighted by molar-refractivity contribution is 5.99. The fourth-order valence-electron chi connectivity index (χ4n) is 2.42. The van der Waals surface area contributed by atoms with E-state index in [0.29, 0.717) is 17.7 Å². The third-order valence-electron chi connectivity index (χ3n) is 3.68. The van der Waals surface area contributed by atoms with E-state index in [1.165, 1.54) is 0 Å². The molecule has 1 unspecified atom stereocenters. The fourth-order valence-corrected chi connectivity index (χ4v) is 2.42. The molecule has 1 atom stereocenters. The van der Waals surface area contributed by atoms with Gasteiger partial charge in [-0.3, -0.25) is 9.48 Å². The highest BCUT2D eigenvalue weighted by Gasteiger charge is 2.21. The minimum atomic E-state index is -0.154. The third-order valence-corrected chi connectivity index (χ3v) is 3.68. The van der Waals surface area contributed by atoms with Gasteiger partial charge >= 0.3 is 0 Å². The van der Waals surface area contributed by atoms with Crippen LogP contribution in [-0.2, 0) is 7.05 Å². The lowest BCUT2D eigenvalue weighted by Gasteiger charge is -2.21. The summed E-state index contributed by atoms with van der Waals surface area (Å²) in [4.78, 5) is 12.6. The van der Waals surface area contributed by atoms with Crippen LogP contribution in [0, 0.1) is 5.92 Å². The van der Waals surface area contributed by atoms with Crippen molar-refractivity contribution in [3.8, 4) is 11.3 Å². The van der Waals surface area contributed by atoms with Crippen LogP contribution in [0.1, 0.15) is 30.6 Å². The molecule has 0 aliphatic rings. The number of aliphatic hydroxyl groups excluding tert-OH is 1. The van der Waals surface area contributed by atoms with E-state index in [1.54, 1.807) is 17.9 Å². The molecule has 118 valence electrons. The third kappa shape index (κ3) is 3.74. The molecule has 22 heavy (non-hydrogen) atoms. The van der Waals surface area contributed by atoms with Crippen LogP contribution in [0.4, 0.5) is 0 Å². The number of carbonyl (C=O) groups excluding carboxylic acids is 1. The Labute approximate surface area is 131 Å². The molecule has 0 aliphatic carbocycles. The summed E-state index contributed by atoms with van der Waals surface area (Å²) in [6.07, 6.45) is 2.28. The molecule has 1 heterocycles. The van der Waals surface area contributed by atoms with Gasteiger partial charge in [0.05, 0.1) is 5.56 Å². The Morgan fingerprint density at radius 1 is 1.32 bits per heavy atom. The Hall–Kier alpha value is -2.14. The number of hydrogen-bond donors (Lipinski definition) is 2. The Kier molecular flexibility index (Phi) is 5.33.